The summed E-state index contributed by atoms with van der Waals surface area (Å²) in [6.45, 7) is 3.55. The number of aliphatic hydroxyl groups excluding tert-OH is 1. The molecule has 0 bridgehead atoms. The summed E-state index contributed by atoms with van der Waals surface area (Å²) in [6.07, 6.45) is 0.237. The fourth-order valence-corrected chi connectivity index (χ4v) is 4.52. The maximum Gasteiger partial charge on any atom is 0.247 e. The highest BCUT2D eigenvalue weighted by Crippen LogP contribution is 2.35. The number of aryl methyl sites for hydroxylation is 2. The minimum absolute atomic E-state index is 0.00519. The van der Waals surface area contributed by atoms with E-state index in [1.807, 2.05) is 6.92 Å². The van der Waals surface area contributed by atoms with Crippen LogP contribution in [0.2, 0.25) is 0 Å². The molecule has 2 atom stereocenters. The number of hydrogen-bond donors (Lipinski definition) is 3. The Labute approximate surface area is 201 Å². The maximum atomic E-state index is 15.0. The van der Waals surface area contributed by atoms with Crippen molar-refractivity contribution >= 4 is 26.4 Å². The van der Waals surface area contributed by atoms with Gasteiger partial charge in [-0.15, -0.1) is 0 Å². The molecule has 0 fully saturated rings. The van der Waals surface area contributed by atoms with Crippen molar-refractivity contribution in [2.24, 2.45) is 5.73 Å². The second-order valence-electron chi connectivity index (χ2n) is 8.41. The number of hydrogen-bond acceptors (Lipinski definition) is 8. The van der Waals surface area contributed by atoms with E-state index in [-0.39, 0.29) is 29.6 Å². The number of H-pyrrole nitrogens is 1. The lowest BCUT2D eigenvalue weighted by molar-refractivity contribution is 0.0380. The van der Waals surface area contributed by atoms with Crippen molar-refractivity contribution in [3.63, 3.8) is 0 Å². The average molecular weight is 507 g/mol. The highest BCUT2D eigenvalue weighted by atomic mass is 32.2. The molecule has 13 heteroatoms. The first-order chi connectivity index (χ1) is 16.5. The summed E-state index contributed by atoms with van der Waals surface area (Å²) in [5.74, 6) is -0.426. The third-order valence-corrected chi connectivity index (χ3v) is 7.53. The van der Waals surface area contributed by atoms with Crippen LogP contribution in [0, 0.1) is 19.7 Å². The second-order valence-corrected chi connectivity index (χ2v) is 10.7. The largest absolute Gasteiger partial charge is 0.471 e. The molecule has 4 rings (SSSR count). The van der Waals surface area contributed by atoms with E-state index in [0.29, 0.717) is 22.0 Å². The van der Waals surface area contributed by atoms with Crippen molar-refractivity contribution in [1.82, 2.24) is 23.9 Å². The molecule has 3 heterocycles. The van der Waals surface area contributed by atoms with Crippen molar-refractivity contribution in [3.8, 4) is 17.4 Å². The first-order valence-electron chi connectivity index (χ1n) is 10.8. The van der Waals surface area contributed by atoms with Crippen molar-refractivity contribution in [2.45, 2.75) is 32.6 Å². The molecule has 11 nitrogen and oxygen atoms in total. The molecule has 2 unspecified atom stereocenters. The number of nitrogens with one attached hydrogen (secondary N) is 1. The molecule has 4 N–H and O–H groups in total. The molecule has 1 aromatic carbocycles. The summed E-state index contributed by atoms with van der Waals surface area (Å²) in [6, 6.07) is 4.92. The van der Waals surface area contributed by atoms with E-state index in [1.165, 1.54) is 37.2 Å². The third-order valence-electron chi connectivity index (χ3n) is 5.66. The zero-order valence-corrected chi connectivity index (χ0v) is 20.5. The lowest BCUT2D eigenvalue weighted by Gasteiger charge is -2.20. The molecule has 0 aliphatic rings. The topological polar surface area (TPSA) is 148 Å². The van der Waals surface area contributed by atoms with Gasteiger partial charge in [0.05, 0.1) is 11.9 Å². The minimum atomic E-state index is -3.49. The Morgan fingerprint density at radius 1 is 1.29 bits per heavy atom. The van der Waals surface area contributed by atoms with Gasteiger partial charge in [-0.25, -0.2) is 21.6 Å². The number of benzene rings is 1. The van der Waals surface area contributed by atoms with Crippen molar-refractivity contribution in [3.05, 3.63) is 47.8 Å². The van der Waals surface area contributed by atoms with E-state index in [2.05, 4.69) is 15.1 Å². The van der Waals surface area contributed by atoms with Gasteiger partial charge in [0.1, 0.15) is 23.7 Å². The molecule has 3 aromatic heterocycles. The van der Waals surface area contributed by atoms with Crippen LogP contribution in [0.3, 0.4) is 0 Å². The fourth-order valence-electron chi connectivity index (χ4n) is 3.61. The van der Waals surface area contributed by atoms with Gasteiger partial charge in [-0.2, -0.15) is 10.1 Å². The smallest absolute Gasteiger partial charge is 0.247 e. The molecule has 0 spiro atoms. The number of nitrogens with zero attached hydrogens (tertiary/aromatic N) is 4. The standard InChI is InChI=1S/C22H27FN6O5S/c1-12-9-14-15(27-12)5-6-17(19(14)23)34-22-20-13(2)18(10-29(20)26-11-25-22)33-21(24)16(30)7-8-35(31,32)28(3)4/h5-6,9-11,16,21,27,30H,7-8,24H2,1-4H3. The highest BCUT2D eigenvalue weighted by molar-refractivity contribution is 7.89. The summed E-state index contributed by atoms with van der Waals surface area (Å²) < 4.78 is 53.0. The van der Waals surface area contributed by atoms with Crippen molar-refractivity contribution in [2.75, 3.05) is 19.8 Å². The number of aromatic amines is 1. The van der Waals surface area contributed by atoms with Crippen LogP contribution in [0.1, 0.15) is 17.7 Å². The predicted molar refractivity (Wildman–Crippen MR) is 127 cm³/mol. The Morgan fingerprint density at radius 3 is 2.74 bits per heavy atom. The van der Waals surface area contributed by atoms with Gasteiger partial charge < -0.3 is 19.6 Å². The number of sulfonamides is 1. The lowest BCUT2D eigenvalue weighted by atomic mass is 10.2. The monoisotopic (exact) mass is 506 g/mol. The molecular weight excluding hydrogens is 479 g/mol. The molecule has 0 amide bonds. The number of nitrogens with two attached hydrogens (primary N) is 1. The average Bonchev–Trinajstić information content (AvgIpc) is 3.34. The van der Waals surface area contributed by atoms with Crippen LogP contribution in [-0.4, -0.2) is 69.6 Å². The van der Waals surface area contributed by atoms with E-state index < -0.39 is 28.2 Å². The number of halogens is 1. The lowest BCUT2D eigenvalue weighted by Crippen LogP contribution is -2.41. The molecule has 0 radical (unpaired) electrons. The maximum absolute atomic E-state index is 15.0. The van der Waals surface area contributed by atoms with Gasteiger partial charge in [0.15, 0.2) is 17.8 Å². The third kappa shape index (κ3) is 4.93. The Bertz CT molecular complexity index is 1480. The zero-order valence-electron chi connectivity index (χ0n) is 19.7. The number of aromatic nitrogens is 4. The van der Waals surface area contributed by atoms with Crippen LogP contribution in [0.4, 0.5) is 4.39 Å². The summed E-state index contributed by atoms with van der Waals surface area (Å²) in [5.41, 5.74) is 8.41. The number of ether oxygens (including phenoxy) is 2. The number of aliphatic hydroxyl groups is 1. The Kier molecular flexibility index (Phi) is 6.68. The van der Waals surface area contributed by atoms with Crippen LogP contribution in [0.5, 0.6) is 17.4 Å². The van der Waals surface area contributed by atoms with Gasteiger partial charge in [0, 0.05) is 36.3 Å². The molecule has 0 saturated heterocycles. The predicted octanol–water partition coefficient (Wildman–Crippen LogP) is 2.06. The first kappa shape index (κ1) is 24.9. The van der Waals surface area contributed by atoms with Crippen LogP contribution < -0.4 is 15.2 Å². The normalized spacial score (nSPS) is 14.1. The quantitative estimate of drug-likeness (QED) is 0.292. The molecule has 0 aliphatic carbocycles. The van der Waals surface area contributed by atoms with Gasteiger partial charge in [0.25, 0.3) is 0 Å². The Morgan fingerprint density at radius 2 is 2.03 bits per heavy atom. The van der Waals surface area contributed by atoms with Gasteiger partial charge in [0.2, 0.25) is 15.9 Å². The van der Waals surface area contributed by atoms with Crippen LogP contribution in [-0.2, 0) is 10.0 Å². The molecule has 0 saturated carbocycles. The molecule has 0 aliphatic heterocycles. The van der Waals surface area contributed by atoms with E-state index in [1.54, 1.807) is 19.1 Å². The van der Waals surface area contributed by atoms with E-state index in [4.69, 9.17) is 15.2 Å². The number of fused-ring (bicyclic) bond motifs is 2. The van der Waals surface area contributed by atoms with Crippen LogP contribution in [0.25, 0.3) is 16.4 Å². The fraction of sp³-hybridized carbons (Fsp3) is 0.364. The van der Waals surface area contributed by atoms with E-state index >= 15 is 4.39 Å². The van der Waals surface area contributed by atoms with E-state index in [9.17, 15) is 13.5 Å². The summed E-state index contributed by atoms with van der Waals surface area (Å²) in [4.78, 5) is 7.23. The van der Waals surface area contributed by atoms with Gasteiger partial charge in [-0.3, -0.25) is 5.73 Å². The molecule has 4 aromatic rings. The Balaban J connectivity index is 1.57. The van der Waals surface area contributed by atoms with Crippen molar-refractivity contribution < 1.29 is 27.4 Å². The molecular formula is C22H27FN6O5S. The highest BCUT2D eigenvalue weighted by Gasteiger charge is 2.24. The molecule has 35 heavy (non-hydrogen) atoms. The van der Waals surface area contributed by atoms with Gasteiger partial charge in [-0.1, -0.05) is 0 Å². The van der Waals surface area contributed by atoms with Gasteiger partial charge >= 0.3 is 0 Å². The zero-order chi connectivity index (χ0) is 25.5. The summed E-state index contributed by atoms with van der Waals surface area (Å²) in [7, 11) is -0.659. The second kappa shape index (κ2) is 9.41. The van der Waals surface area contributed by atoms with E-state index in [0.717, 1.165) is 10.00 Å². The SMILES string of the molecule is Cc1cc2c(F)c(Oc3ncnn4cc(OC(N)C(O)CCS(=O)(=O)N(C)C)c(C)c34)ccc2[nH]1. The first-order valence-corrected chi connectivity index (χ1v) is 12.4. The summed E-state index contributed by atoms with van der Waals surface area (Å²) >= 11 is 0. The van der Waals surface area contributed by atoms with Crippen LogP contribution in [0.15, 0.2) is 30.7 Å². The van der Waals surface area contributed by atoms with Gasteiger partial charge in [-0.05, 0) is 38.5 Å². The van der Waals surface area contributed by atoms with Crippen molar-refractivity contribution in [1.29, 1.82) is 0 Å². The Hall–Kier alpha value is -3.26. The minimum Gasteiger partial charge on any atom is -0.471 e. The number of rotatable bonds is 9. The summed E-state index contributed by atoms with van der Waals surface area (Å²) in [5, 5.41) is 14.9. The van der Waals surface area contributed by atoms with Crippen LogP contribution >= 0.6 is 0 Å². The molecule has 188 valence electrons.